The van der Waals surface area contributed by atoms with Crippen molar-refractivity contribution in [3.63, 3.8) is 0 Å². The molecule has 68 valence electrons. The average molecular weight is 173 g/mol. The summed E-state index contributed by atoms with van der Waals surface area (Å²) in [6.45, 7) is 3.04. The highest BCUT2D eigenvalue weighted by Crippen LogP contribution is 2.00. The lowest BCUT2D eigenvalue weighted by atomic mass is 10.1. The van der Waals surface area contributed by atoms with Crippen LogP contribution in [0.4, 0.5) is 0 Å². The molecule has 1 heteroatoms. The summed E-state index contributed by atoms with van der Waals surface area (Å²) in [4.78, 5) is 0. The maximum atomic E-state index is 3.12. The molecule has 0 aliphatic heterocycles. The second-order valence-corrected chi connectivity index (χ2v) is 3.02. The van der Waals surface area contributed by atoms with E-state index in [1.165, 1.54) is 5.56 Å². The van der Waals surface area contributed by atoms with Gasteiger partial charge in [-0.3, -0.25) is 0 Å². The van der Waals surface area contributed by atoms with E-state index < -0.39 is 0 Å². The maximum absolute atomic E-state index is 3.12. The lowest BCUT2D eigenvalue weighted by molar-refractivity contribution is 0.818. The Morgan fingerprint density at radius 3 is 2.54 bits per heavy atom. The van der Waals surface area contributed by atoms with Gasteiger partial charge in [-0.1, -0.05) is 29.5 Å². The standard InChI is InChI=1S/C12H15N/c1-11-6-8-12(9-7-11)5-3-4-10-13-2/h6-9,13H,4,10H2,1-2H3. The summed E-state index contributed by atoms with van der Waals surface area (Å²) < 4.78 is 0. The molecule has 0 aromatic heterocycles. The number of benzene rings is 1. The van der Waals surface area contributed by atoms with E-state index in [0.29, 0.717) is 0 Å². The van der Waals surface area contributed by atoms with Gasteiger partial charge >= 0.3 is 0 Å². The van der Waals surface area contributed by atoms with Crippen molar-refractivity contribution in [2.24, 2.45) is 0 Å². The molecule has 1 rings (SSSR count). The summed E-state index contributed by atoms with van der Waals surface area (Å²) in [5, 5.41) is 3.06. The monoisotopic (exact) mass is 173 g/mol. The van der Waals surface area contributed by atoms with Gasteiger partial charge in [0.2, 0.25) is 0 Å². The van der Waals surface area contributed by atoms with Gasteiger partial charge < -0.3 is 5.32 Å². The van der Waals surface area contributed by atoms with Crippen molar-refractivity contribution in [1.29, 1.82) is 0 Å². The lowest BCUT2D eigenvalue weighted by Gasteiger charge is -1.91. The quantitative estimate of drug-likeness (QED) is 0.532. The molecule has 0 aliphatic rings. The SMILES string of the molecule is CNCCC#Cc1ccc(C)cc1. The Bertz CT molecular complexity index is 300. The third-order valence-corrected chi connectivity index (χ3v) is 1.78. The zero-order valence-electron chi connectivity index (χ0n) is 8.22. The maximum Gasteiger partial charge on any atom is 0.0245 e. The topological polar surface area (TPSA) is 12.0 Å². The van der Waals surface area contributed by atoms with Crippen LogP contribution in [0.25, 0.3) is 0 Å². The molecule has 0 fully saturated rings. The van der Waals surface area contributed by atoms with Gasteiger partial charge in [-0.05, 0) is 26.1 Å². The molecule has 0 aliphatic carbocycles. The summed E-state index contributed by atoms with van der Waals surface area (Å²) in [6.07, 6.45) is 0.907. The molecule has 0 amide bonds. The zero-order valence-corrected chi connectivity index (χ0v) is 8.22. The molecular formula is C12H15N. The van der Waals surface area contributed by atoms with Crippen LogP contribution in [0.2, 0.25) is 0 Å². The normalized spacial score (nSPS) is 9.08. The van der Waals surface area contributed by atoms with Crippen molar-refractivity contribution in [3.05, 3.63) is 35.4 Å². The fraction of sp³-hybridized carbons (Fsp3) is 0.333. The zero-order chi connectivity index (χ0) is 9.52. The highest BCUT2D eigenvalue weighted by molar-refractivity contribution is 5.35. The largest absolute Gasteiger partial charge is 0.319 e. The molecule has 1 nitrogen and oxygen atoms in total. The van der Waals surface area contributed by atoms with Gasteiger partial charge in [-0.15, -0.1) is 0 Å². The van der Waals surface area contributed by atoms with E-state index in [4.69, 9.17) is 0 Å². The summed E-state index contributed by atoms with van der Waals surface area (Å²) in [6, 6.07) is 8.29. The Morgan fingerprint density at radius 1 is 1.23 bits per heavy atom. The van der Waals surface area contributed by atoms with Crippen LogP contribution in [-0.4, -0.2) is 13.6 Å². The highest BCUT2D eigenvalue weighted by atomic mass is 14.8. The summed E-state index contributed by atoms with van der Waals surface area (Å²) in [5.74, 6) is 6.23. The minimum absolute atomic E-state index is 0.907. The van der Waals surface area contributed by atoms with Crippen LogP contribution in [0.5, 0.6) is 0 Å². The van der Waals surface area contributed by atoms with Gasteiger partial charge in [0.05, 0.1) is 0 Å². The molecule has 0 spiro atoms. The van der Waals surface area contributed by atoms with Gasteiger partial charge in [-0.25, -0.2) is 0 Å². The van der Waals surface area contributed by atoms with E-state index in [0.717, 1.165) is 18.5 Å². The molecule has 0 unspecified atom stereocenters. The first-order valence-corrected chi connectivity index (χ1v) is 4.53. The van der Waals surface area contributed by atoms with Gasteiger partial charge in [0.1, 0.15) is 0 Å². The van der Waals surface area contributed by atoms with Crippen molar-refractivity contribution >= 4 is 0 Å². The van der Waals surface area contributed by atoms with E-state index in [9.17, 15) is 0 Å². The molecule has 0 saturated heterocycles. The predicted molar refractivity (Wildman–Crippen MR) is 56.6 cm³/mol. The first-order valence-electron chi connectivity index (χ1n) is 4.53. The van der Waals surface area contributed by atoms with Crippen molar-refractivity contribution < 1.29 is 0 Å². The van der Waals surface area contributed by atoms with Crippen molar-refractivity contribution in [2.75, 3.05) is 13.6 Å². The number of rotatable bonds is 2. The van der Waals surface area contributed by atoms with E-state index in [1.54, 1.807) is 0 Å². The smallest absolute Gasteiger partial charge is 0.0245 e. The Balaban J connectivity index is 2.52. The minimum atomic E-state index is 0.907. The van der Waals surface area contributed by atoms with E-state index >= 15 is 0 Å². The van der Waals surface area contributed by atoms with Gasteiger partial charge in [0, 0.05) is 18.5 Å². The molecule has 0 atom stereocenters. The number of hydrogen-bond acceptors (Lipinski definition) is 1. The van der Waals surface area contributed by atoms with Crippen molar-refractivity contribution in [1.82, 2.24) is 5.32 Å². The second-order valence-electron chi connectivity index (χ2n) is 3.02. The van der Waals surface area contributed by atoms with Crippen molar-refractivity contribution in [2.45, 2.75) is 13.3 Å². The molecule has 0 heterocycles. The molecule has 0 saturated carbocycles. The first-order chi connectivity index (χ1) is 6.33. The Morgan fingerprint density at radius 2 is 1.92 bits per heavy atom. The van der Waals surface area contributed by atoms with E-state index in [2.05, 4.69) is 48.3 Å². The highest BCUT2D eigenvalue weighted by Gasteiger charge is 1.84. The number of hydrogen-bond donors (Lipinski definition) is 1. The molecule has 1 aromatic rings. The Labute approximate surface area is 80.2 Å². The minimum Gasteiger partial charge on any atom is -0.319 e. The van der Waals surface area contributed by atoms with Gasteiger partial charge in [-0.2, -0.15) is 0 Å². The first kappa shape index (κ1) is 9.83. The predicted octanol–water partition coefficient (Wildman–Crippen LogP) is 1.96. The van der Waals surface area contributed by atoms with Crippen LogP contribution in [0.1, 0.15) is 17.5 Å². The van der Waals surface area contributed by atoms with E-state index in [-0.39, 0.29) is 0 Å². The van der Waals surface area contributed by atoms with Gasteiger partial charge in [0.15, 0.2) is 0 Å². The molecular weight excluding hydrogens is 158 g/mol. The van der Waals surface area contributed by atoms with Crippen LogP contribution in [0, 0.1) is 18.8 Å². The van der Waals surface area contributed by atoms with Crippen LogP contribution >= 0.6 is 0 Å². The summed E-state index contributed by atoms with van der Waals surface area (Å²) in [7, 11) is 1.94. The fourth-order valence-corrected chi connectivity index (χ4v) is 0.989. The van der Waals surface area contributed by atoms with Gasteiger partial charge in [0.25, 0.3) is 0 Å². The Kier molecular flexibility index (Phi) is 4.08. The fourth-order valence-electron chi connectivity index (χ4n) is 0.989. The number of aryl methyl sites for hydroxylation is 1. The number of nitrogens with one attached hydrogen (secondary N) is 1. The van der Waals surface area contributed by atoms with Crippen LogP contribution < -0.4 is 5.32 Å². The van der Waals surface area contributed by atoms with Crippen LogP contribution in [-0.2, 0) is 0 Å². The third-order valence-electron chi connectivity index (χ3n) is 1.78. The summed E-state index contributed by atoms with van der Waals surface area (Å²) >= 11 is 0. The van der Waals surface area contributed by atoms with Crippen LogP contribution in [0.15, 0.2) is 24.3 Å². The Hall–Kier alpha value is -1.26. The average Bonchev–Trinajstić information content (AvgIpc) is 2.15. The van der Waals surface area contributed by atoms with Crippen LogP contribution in [0.3, 0.4) is 0 Å². The van der Waals surface area contributed by atoms with Crippen molar-refractivity contribution in [3.8, 4) is 11.8 Å². The molecule has 1 aromatic carbocycles. The molecule has 1 N–H and O–H groups in total. The third kappa shape index (κ3) is 3.78. The molecule has 13 heavy (non-hydrogen) atoms. The lowest BCUT2D eigenvalue weighted by Crippen LogP contribution is -2.05. The summed E-state index contributed by atoms with van der Waals surface area (Å²) in [5.41, 5.74) is 2.38. The molecule has 0 radical (unpaired) electrons. The molecule has 0 bridgehead atoms. The van der Waals surface area contributed by atoms with E-state index in [1.807, 2.05) is 7.05 Å². The second kappa shape index (κ2) is 5.40.